The van der Waals surface area contributed by atoms with E-state index in [9.17, 15) is 0 Å². The zero-order valence-electron chi connectivity index (χ0n) is 14.3. The van der Waals surface area contributed by atoms with E-state index in [1.165, 1.54) is 0 Å². The Morgan fingerprint density at radius 1 is 1.33 bits per heavy atom. The summed E-state index contributed by atoms with van der Waals surface area (Å²) < 4.78 is 5.95. The van der Waals surface area contributed by atoms with E-state index >= 15 is 0 Å². The van der Waals surface area contributed by atoms with Gasteiger partial charge in [-0.25, -0.2) is 0 Å². The van der Waals surface area contributed by atoms with Crippen LogP contribution in [0.1, 0.15) is 18.3 Å². The first-order valence-electron chi connectivity index (χ1n) is 8.38. The fourth-order valence-corrected chi connectivity index (χ4v) is 2.86. The number of ether oxygens (including phenoxy) is 1. The highest BCUT2D eigenvalue weighted by Gasteiger charge is 2.23. The fraction of sp³-hybridized carbons (Fsp3) is 0.529. The largest absolute Gasteiger partial charge is 0.374 e. The number of hydrogen-bond donors (Lipinski definition) is 0. The quantitative estimate of drug-likeness (QED) is 0.792. The third kappa shape index (κ3) is 4.46. The lowest BCUT2D eigenvalue weighted by Crippen LogP contribution is -2.47. The van der Waals surface area contributed by atoms with Crippen LogP contribution >= 0.6 is 0 Å². The van der Waals surface area contributed by atoms with Crippen LogP contribution in [0.3, 0.4) is 0 Å². The number of morpholine rings is 1. The minimum absolute atomic E-state index is 0.152. The molecule has 0 spiro atoms. The smallest absolute Gasteiger partial charge is 0.151 e. The van der Waals surface area contributed by atoms with E-state index in [2.05, 4.69) is 36.9 Å². The summed E-state index contributed by atoms with van der Waals surface area (Å²) in [4.78, 5) is 13.3. The summed E-state index contributed by atoms with van der Waals surface area (Å²) in [5.74, 6) is 0.894. The Labute approximate surface area is 142 Å². The molecule has 7 heteroatoms. The number of aromatic nitrogens is 4. The summed E-state index contributed by atoms with van der Waals surface area (Å²) in [6, 6.07) is 3.90. The van der Waals surface area contributed by atoms with Crippen LogP contribution in [-0.4, -0.2) is 64.0 Å². The van der Waals surface area contributed by atoms with Crippen molar-refractivity contribution in [2.75, 3.05) is 37.7 Å². The predicted octanol–water partition coefficient (Wildman–Crippen LogP) is 1.30. The number of nitrogens with zero attached hydrogens (tertiary/aromatic N) is 6. The van der Waals surface area contributed by atoms with Gasteiger partial charge in [0.1, 0.15) is 0 Å². The van der Waals surface area contributed by atoms with Crippen LogP contribution in [0.15, 0.2) is 30.7 Å². The first kappa shape index (κ1) is 16.7. The average molecular weight is 328 g/mol. The number of rotatable bonds is 6. The van der Waals surface area contributed by atoms with Crippen LogP contribution < -0.4 is 4.90 Å². The zero-order valence-corrected chi connectivity index (χ0v) is 14.3. The van der Waals surface area contributed by atoms with Gasteiger partial charge in [-0.15, -0.1) is 5.10 Å². The van der Waals surface area contributed by atoms with Gasteiger partial charge in [0.05, 0.1) is 24.1 Å². The van der Waals surface area contributed by atoms with Gasteiger partial charge >= 0.3 is 0 Å². The van der Waals surface area contributed by atoms with Gasteiger partial charge < -0.3 is 9.64 Å². The molecule has 3 heterocycles. The van der Waals surface area contributed by atoms with E-state index in [4.69, 9.17) is 4.74 Å². The van der Waals surface area contributed by atoms with Crippen molar-refractivity contribution in [3.8, 4) is 0 Å². The number of hydrogen-bond acceptors (Lipinski definition) is 7. The van der Waals surface area contributed by atoms with Gasteiger partial charge in [-0.05, 0) is 26.0 Å². The SMILES string of the molecule is CCN(C[C@@H]1CN(Cc2cnc(C)cn2)CCO1)c1cccnn1. The second-order valence-electron chi connectivity index (χ2n) is 6.00. The minimum Gasteiger partial charge on any atom is -0.374 e. The lowest BCUT2D eigenvalue weighted by atomic mass is 10.2. The van der Waals surface area contributed by atoms with Crippen LogP contribution in [0.25, 0.3) is 0 Å². The Hall–Kier alpha value is -2.12. The zero-order chi connectivity index (χ0) is 16.8. The van der Waals surface area contributed by atoms with Gasteiger partial charge in [-0.2, -0.15) is 5.10 Å². The summed E-state index contributed by atoms with van der Waals surface area (Å²) in [5, 5.41) is 8.17. The average Bonchev–Trinajstić information content (AvgIpc) is 2.63. The van der Waals surface area contributed by atoms with E-state index in [1.54, 1.807) is 6.20 Å². The molecule has 0 amide bonds. The Morgan fingerprint density at radius 3 is 2.96 bits per heavy atom. The monoisotopic (exact) mass is 328 g/mol. The third-order valence-electron chi connectivity index (χ3n) is 4.13. The predicted molar refractivity (Wildman–Crippen MR) is 91.7 cm³/mol. The molecule has 24 heavy (non-hydrogen) atoms. The van der Waals surface area contributed by atoms with Gasteiger partial charge in [0, 0.05) is 51.3 Å². The lowest BCUT2D eigenvalue weighted by molar-refractivity contribution is -0.0272. The summed E-state index contributed by atoms with van der Waals surface area (Å²) in [6.45, 7) is 9.11. The van der Waals surface area contributed by atoms with Crippen molar-refractivity contribution in [2.45, 2.75) is 26.5 Å². The van der Waals surface area contributed by atoms with Crippen molar-refractivity contribution in [3.63, 3.8) is 0 Å². The molecule has 0 saturated carbocycles. The van der Waals surface area contributed by atoms with Crippen LogP contribution in [-0.2, 0) is 11.3 Å². The van der Waals surface area contributed by atoms with Crippen molar-refractivity contribution >= 4 is 5.82 Å². The highest BCUT2D eigenvalue weighted by atomic mass is 16.5. The number of aryl methyl sites for hydroxylation is 1. The van der Waals surface area contributed by atoms with Crippen LogP contribution in [0.4, 0.5) is 5.82 Å². The molecule has 7 nitrogen and oxygen atoms in total. The molecule has 0 radical (unpaired) electrons. The summed E-state index contributed by atoms with van der Waals surface area (Å²) in [6.07, 6.45) is 5.52. The van der Waals surface area contributed by atoms with Crippen LogP contribution in [0.2, 0.25) is 0 Å². The van der Waals surface area contributed by atoms with E-state index in [0.29, 0.717) is 0 Å². The molecule has 1 aliphatic heterocycles. The molecule has 128 valence electrons. The second-order valence-corrected chi connectivity index (χ2v) is 6.00. The summed E-state index contributed by atoms with van der Waals surface area (Å²) in [5.41, 5.74) is 1.95. The molecular weight excluding hydrogens is 304 g/mol. The Kier molecular flexibility index (Phi) is 5.66. The van der Waals surface area contributed by atoms with Gasteiger partial charge in [0.15, 0.2) is 5.82 Å². The second kappa shape index (κ2) is 8.12. The molecule has 1 saturated heterocycles. The maximum absolute atomic E-state index is 5.95. The van der Waals surface area contributed by atoms with Crippen LogP contribution in [0, 0.1) is 6.92 Å². The minimum atomic E-state index is 0.152. The normalized spacial score (nSPS) is 18.5. The topological polar surface area (TPSA) is 67.3 Å². The van der Waals surface area contributed by atoms with E-state index in [-0.39, 0.29) is 6.10 Å². The molecule has 0 bridgehead atoms. The molecule has 1 aliphatic rings. The number of likely N-dealkylation sites (N-methyl/N-ethyl adjacent to an activating group) is 1. The summed E-state index contributed by atoms with van der Waals surface area (Å²) >= 11 is 0. The number of anilines is 1. The first-order valence-corrected chi connectivity index (χ1v) is 8.38. The molecular formula is C17H24N6O. The molecule has 0 aromatic carbocycles. The van der Waals surface area contributed by atoms with E-state index < -0.39 is 0 Å². The molecule has 2 aromatic rings. The molecule has 2 aromatic heterocycles. The maximum Gasteiger partial charge on any atom is 0.151 e. The highest BCUT2D eigenvalue weighted by molar-refractivity contribution is 5.36. The van der Waals surface area contributed by atoms with E-state index in [1.807, 2.05) is 31.5 Å². The van der Waals surface area contributed by atoms with E-state index in [0.717, 1.165) is 56.5 Å². The fourth-order valence-electron chi connectivity index (χ4n) is 2.86. The summed E-state index contributed by atoms with van der Waals surface area (Å²) in [7, 11) is 0. The van der Waals surface area contributed by atoms with Crippen molar-refractivity contribution in [1.82, 2.24) is 25.1 Å². The van der Waals surface area contributed by atoms with Gasteiger partial charge in [0.2, 0.25) is 0 Å². The Bertz CT molecular complexity index is 621. The Morgan fingerprint density at radius 2 is 2.25 bits per heavy atom. The molecule has 0 aliphatic carbocycles. The van der Waals surface area contributed by atoms with Gasteiger partial charge in [-0.3, -0.25) is 14.9 Å². The van der Waals surface area contributed by atoms with Gasteiger partial charge in [-0.1, -0.05) is 0 Å². The Balaban J connectivity index is 1.57. The van der Waals surface area contributed by atoms with Crippen molar-refractivity contribution in [1.29, 1.82) is 0 Å². The molecule has 0 N–H and O–H groups in total. The maximum atomic E-state index is 5.95. The third-order valence-corrected chi connectivity index (χ3v) is 4.13. The highest BCUT2D eigenvalue weighted by Crippen LogP contribution is 2.14. The first-order chi connectivity index (χ1) is 11.7. The molecule has 1 fully saturated rings. The van der Waals surface area contributed by atoms with Gasteiger partial charge in [0.25, 0.3) is 0 Å². The molecule has 1 atom stereocenters. The van der Waals surface area contributed by atoms with Crippen molar-refractivity contribution < 1.29 is 4.74 Å². The lowest BCUT2D eigenvalue weighted by Gasteiger charge is -2.35. The molecule has 0 unspecified atom stereocenters. The molecule has 3 rings (SSSR count). The van der Waals surface area contributed by atoms with Crippen LogP contribution in [0.5, 0.6) is 0 Å². The standard InChI is InChI=1S/C17H24N6O/c1-3-23(17-5-4-6-20-21-17)13-16-12-22(7-8-24-16)11-15-10-18-14(2)9-19-15/h4-6,9-10,16H,3,7-8,11-13H2,1-2H3/t16-/m0/s1. The van der Waals surface area contributed by atoms with Crippen molar-refractivity contribution in [2.24, 2.45) is 0 Å². The van der Waals surface area contributed by atoms with Crippen molar-refractivity contribution in [3.05, 3.63) is 42.1 Å².